The molecule has 1 aliphatic rings. The van der Waals surface area contributed by atoms with Gasteiger partial charge in [0.1, 0.15) is 23.8 Å². The summed E-state index contributed by atoms with van der Waals surface area (Å²) in [6, 6.07) is 3.64. The van der Waals surface area contributed by atoms with Crippen LogP contribution in [0.2, 0.25) is 0 Å². The van der Waals surface area contributed by atoms with E-state index >= 15 is 0 Å². The lowest BCUT2D eigenvalue weighted by molar-refractivity contribution is 0.0337. The van der Waals surface area contributed by atoms with Gasteiger partial charge in [0, 0.05) is 5.75 Å². The summed E-state index contributed by atoms with van der Waals surface area (Å²) in [4.78, 5) is -0.0929. The molecule has 6 heteroatoms. The Morgan fingerprint density at radius 3 is 2.47 bits per heavy atom. The molecule has 2 N–H and O–H groups in total. The molecular weight excluding hydrogens is 250 g/mol. The van der Waals surface area contributed by atoms with E-state index in [-0.39, 0.29) is 17.3 Å². The molecule has 2 rings (SSSR count). The van der Waals surface area contributed by atoms with E-state index in [4.69, 9.17) is 4.74 Å². The molecule has 1 aromatic rings. The number of hydrogen-bond donors (Lipinski definition) is 2. The molecule has 1 fully saturated rings. The summed E-state index contributed by atoms with van der Waals surface area (Å²) < 4.78 is 31.7. The van der Waals surface area contributed by atoms with Gasteiger partial charge in [-0.05, 0) is 12.1 Å². The average molecular weight is 262 g/mol. The summed E-state index contributed by atoms with van der Waals surface area (Å²) in [5, 5.41) is 18.7. The first-order valence-electron chi connectivity index (χ1n) is 5.14. The van der Waals surface area contributed by atoms with Crippen LogP contribution in [0.25, 0.3) is 0 Å². The van der Waals surface area contributed by atoms with Crippen LogP contribution in [0.15, 0.2) is 23.1 Å². The lowest BCUT2D eigenvalue weighted by Gasteiger charge is -2.14. The highest BCUT2D eigenvalue weighted by Gasteiger charge is 2.34. The Balaban J connectivity index is 1.99. The molecule has 94 valence electrons. The van der Waals surface area contributed by atoms with E-state index in [1.807, 2.05) is 0 Å². The summed E-state index contributed by atoms with van der Waals surface area (Å²) in [6.07, 6.45) is -2.53. The van der Waals surface area contributed by atoms with Crippen molar-refractivity contribution in [3.63, 3.8) is 0 Å². The Morgan fingerprint density at radius 1 is 1.29 bits per heavy atom. The number of halogens is 2. The molecule has 0 amide bonds. The highest BCUT2D eigenvalue weighted by atomic mass is 32.2. The molecule has 3 atom stereocenters. The van der Waals surface area contributed by atoms with E-state index in [1.54, 1.807) is 0 Å². The fourth-order valence-corrected chi connectivity index (χ4v) is 2.64. The molecule has 0 radical (unpaired) electrons. The first-order valence-corrected chi connectivity index (χ1v) is 6.12. The third kappa shape index (κ3) is 2.77. The number of aliphatic hydroxyl groups excluding tert-OH is 2. The number of ether oxygens (including phenoxy) is 1. The van der Waals surface area contributed by atoms with Crippen molar-refractivity contribution < 1.29 is 23.7 Å². The zero-order valence-corrected chi connectivity index (χ0v) is 9.66. The predicted octanol–water partition coefficient (Wildman–Crippen LogP) is 1.18. The smallest absolute Gasteiger partial charge is 0.139 e. The van der Waals surface area contributed by atoms with Gasteiger partial charge in [-0.3, -0.25) is 0 Å². The Hall–Kier alpha value is -0.690. The van der Waals surface area contributed by atoms with Crippen molar-refractivity contribution in [1.29, 1.82) is 0 Å². The van der Waals surface area contributed by atoms with E-state index in [2.05, 4.69) is 0 Å². The molecule has 17 heavy (non-hydrogen) atoms. The van der Waals surface area contributed by atoms with Crippen LogP contribution in [0.3, 0.4) is 0 Å². The molecule has 1 heterocycles. The Morgan fingerprint density at radius 2 is 1.94 bits per heavy atom. The maximum absolute atomic E-state index is 13.3. The van der Waals surface area contributed by atoms with Gasteiger partial charge in [-0.25, -0.2) is 8.78 Å². The van der Waals surface area contributed by atoms with Crippen LogP contribution in [0, 0.1) is 11.6 Å². The third-order valence-electron chi connectivity index (χ3n) is 2.57. The molecule has 1 aromatic carbocycles. The van der Waals surface area contributed by atoms with Crippen LogP contribution < -0.4 is 0 Å². The standard InChI is InChI=1S/C11H12F2O3S/c12-6-2-1-3-7(13)11(6)17-5-9-10(15)8(14)4-16-9/h1-3,8-10,14-15H,4-5H2. The summed E-state index contributed by atoms with van der Waals surface area (Å²) >= 11 is 0.931. The van der Waals surface area contributed by atoms with Crippen molar-refractivity contribution >= 4 is 11.8 Å². The summed E-state index contributed by atoms with van der Waals surface area (Å²) in [5.74, 6) is -1.08. The lowest BCUT2D eigenvalue weighted by Crippen LogP contribution is -2.31. The largest absolute Gasteiger partial charge is 0.388 e. The van der Waals surface area contributed by atoms with Crippen LogP contribution in [-0.4, -0.2) is 40.9 Å². The van der Waals surface area contributed by atoms with Gasteiger partial charge in [-0.15, -0.1) is 11.8 Å². The fourth-order valence-electron chi connectivity index (χ4n) is 1.60. The minimum Gasteiger partial charge on any atom is -0.388 e. The van der Waals surface area contributed by atoms with Crippen molar-refractivity contribution in [2.75, 3.05) is 12.4 Å². The number of hydrogen-bond acceptors (Lipinski definition) is 4. The summed E-state index contributed by atoms with van der Waals surface area (Å²) in [7, 11) is 0. The summed E-state index contributed by atoms with van der Waals surface area (Å²) in [5.41, 5.74) is 0. The van der Waals surface area contributed by atoms with Crippen molar-refractivity contribution in [2.24, 2.45) is 0 Å². The molecule has 0 spiro atoms. The topological polar surface area (TPSA) is 49.7 Å². The van der Waals surface area contributed by atoms with Crippen LogP contribution in [0.4, 0.5) is 8.78 Å². The van der Waals surface area contributed by atoms with Crippen LogP contribution in [-0.2, 0) is 4.74 Å². The van der Waals surface area contributed by atoms with Crippen molar-refractivity contribution in [1.82, 2.24) is 0 Å². The molecule has 3 unspecified atom stereocenters. The van der Waals surface area contributed by atoms with E-state index in [1.165, 1.54) is 18.2 Å². The van der Waals surface area contributed by atoms with E-state index in [0.29, 0.717) is 0 Å². The van der Waals surface area contributed by atoms with Gasteiger partial charge in [-0.1, -0.05) is 6.07 Å². The number of rotatable bonds is 3. The van der Waals surface area contributed by atoms with Gasteiger partial charge >= 0.3 is 0 Å². The first-order chi connectivity index (χ1) is 8.09. The minimum absolute atomic E-state index is 0.0478. The lowest BCUT2D eigenvalue weighted by atomic mass is 10.2. The second-order valence-electron chi connectivity index (χ2n) is 3.79. The molecule has 0 bridgehead atoms. The normalized spacial score (nSPS) is 28.6. The van der Waals surface area contributed by atoms with Gasteiger partial charge in [0.25, 0.3) is 0 Å². The molecule has 1 aliphatic heterocycles. The maximum Gasteiger partial charge on any atom is 0.139 e. The zero-order chi connectivity index (χ0) is 12.4. The van der Waals surface area contributed by atoms with E-state index in [0.717, 1.165) is 11.8 Å². The van der Waals surface area contributed by atoms with Crippen molar-refractivity contribution in [3.8, 4) is 0 Å². The fraction of sp³-hybridized carbons (Fsp3) is 0.455. The molecule has 0 saturated carbocycles. The van der Waals surface area contributed by atoms with E-state index in [9.17, 15) is 19.0 Å². The predicted molar refractivity (Wildman–Crippen MR) is 58.8 cm³/mol. The molecule has 0 aromatic heterocycles. The minimum atomic E-state index is -1.00. The molecular formula is C11H12F2O3S. The third-order valence-corrected chi connectivity index (χ3v) is 3.74. The molecule has 1 saturated heterocycles. The van der Waals surface area contributed by atoms with Crippen LogP contribution in [0.5, 0.6) is 0 Å². The van der Waals surface area contributed by atoms with Gasteiger partial charge in [-0.2, -0.15) is 0 Å². The SMILES string of the molecule is OC1COC(CSc2c(F)cccc2F)C1O. The second kappa shape index (κ2) is 5.30. The number of thioether (sulfide) groups is 1. The monoisotopic (exact) mass is 262 g/mol. The van der Waals surface area contributed by atoms with Gasteiger partial charge in [0.15, 0.2) is 0 Å². The summed E-state index contributed by atoms with van der Waals surface area (Å²) in [6.45, 7) is 0.0478. The van der Waals surface area contributed by atoms with Gasteiger partial charge < -0.3 is 14.9 Å². The first kappa shape index (κ1) is 12.8. The maximum atomic E-state index is 13.3. The second-order valence-corrected chi connectivity index (χ2v) is 4.82. The highest BCUT2D eigenvalue weighted by Crippen LogP contribution is 2.28. The Bertz CT molecular complexity index is 382. The van der Waals surface area contributed by atoms with E-state index < -0.39 is 29.9 Å². The molecule has 3 nitrogen and oxygen atoms in total. The average Bonchev–Trinajstić information content (AvgIpc) is 2.60. The zero-order valence-electron chi connectivity index (χ0n) is 8.85. The van der Waals surface area contributed by atoms with Crippen LogP contribution >= 0.6 is 11.8 Å². The number of aliphatic hydroxyl groups is 2. The van der Waals surface area contributed by atoms with Crippen molar-refractivity contribution in [3.05, 3.63) is 29.8 Å². The quantitative estimate of drug-likeness (QED) is 0.803. The Kier molecular flexibility index (Phi) is 3.98. The van der Waals surface area contributed by atoms with Crippen molar-refractivity contribution in [2.45, 2.75) is 23.2 Å². The number of benzene rings is 1. The van der Waals surface area contributed by atoms with Gasteiger partial charge in [0.05, 0.1) is 17.6 Å². The van der Waals surface area contributed by atoms with Crippen LogP contribution in [0.1, 0.15) is 0 Å². The Labute approximate surface area is 101 Å². The van der Waals surface area contributed by atoms with Gasteiger partial charge in [0.2, 0.25) is 0 Å². The molecule has 0 aliphatic carbocycles. The highest BCUT2D eigenvalue weighted by molar-refractivity contribution is 7.99.